The zero-order valence-electron chi connectivity index (χ0n) is 20.3. The quantitative estimate of drug-likeness (QED) is 0.444. The molecule has 3 aromatic rings. The number of nitrogens with one attached hydrogen (secondary N) is 2. The van der Waals surface area contributed by atoms with Crippen LogP contribution in [-0.2, 0) is 22.3 Å². The lowest BCUT2D eigenvalue weighted by Gasteiger charge is -2.27. The fourth-order valence-corrected chi connectivity index (χ4v) is 4.59. The van der Waals surface area contributed by atoms with Gasteiger partial charge in [0.05, 0.1) is 30.9 Å². The molecule has 2 atom stereocenters. The number of alkyl halides is 3. The Morgan fingerprint density at radius 2 is 2.00 bits per heavy atom. The highest BCUT2D eigenvalue weighted by molar-refractivity contribution is 9.10. The van der Waals surface area contributed by atoms with Crippen molar-refractivity contribution >= 4 is 44.2 Å². The molecule has 2 unspecified atom stereocenters. The van der Waals surface area contributed by atoms with Crippen LogP contribution in [0.1, 0.15) is 18.1 Å². The van der Waals surface area contributed by atoms with Crippen LogP contribution in [-0.4, -0.2) is 44.7 Å². The van der Waals surface area contributed by atoms with E-state index in [1.165, 1.54) is 24.1 Å². The fraction of sp³-hybridized carbons (Fsp3) is 0.308. The minimum absolute atomic E-state index is 0.0468. The second-order valence-corrected chi connectivity index (χ2v) is 9.49. The highest BCUT2D eigenvalue weighted by atomic mass is 79.9. The van der Waals surface area contributed by atoms with Gasteiger partial charge >= 0.3 is 6.18 Å². The van der Waals surface area contributed by atoms with E-state index in [2.05, 4.69) is 26.6 Å². The number of halogens is 4. The molecule has 0 saturated heterocycles. The number of rotatable bonds is 6. The molecule has 4 rings (SSSR count). The molecular weight excluding hydrogens is 555 g/mol. The van der Waals surface area contributed by atoms with Gasteiger partial charge in [0.25, 0.3) is 5.91 Å². The maximum Gasteiger partial charge on any atom is 0.420 e. The Labute approximate surface area is 220 Å². The van der Waals surface area contributed by atoms with Crippen molar-refractivity contribution in [2.24, 2.45) is 0 Å². The first-order chi connectivity index (χ1) is 17.5. The van der Waals surface area contributed by atoms with Crippen LogP contribution in [0.4, 0.5) is 18.9 Å². The maximum absolute atomic E-state index is 13.9. The minimum atomic E-state index is -4.72. The summed E-state index contributed by atoms with van der Waals surface area (Å²) in [6, 6.07) is 10.8. The van der Waals surface area contributed by atoms with Crippen molar-refractivity contribution in [1.29, 1.82) is 0 Å². The van der Waals surface area contributed by atoms with Crippen molar-refractivity contribution < 1.29 is 32.2 Å². The molecule has 0 spiro atoms. The Morgan fingerprint density at radius 3 is 2.68 bits per heavy atom. The van der Waals surface area contributed by atoms with E-state index in [0.29, 0.717) is 11.3 Å². The largest absolute Gasteiger partial charge is 0.496 e. The summed E-state index contributed by atoms with van der Waals surface area (Å²) in [5.41, 5.74) is -0.457. The van der Waals surface area contributed by atoms with E-state index in [0.717, 1.165) is 21.3 Å². The van der Waals surface area contributed by atoms with Crippen LogP contribution >= 0.6 is 15.9 Å². The standard InChI is InChI=1S/C26H25BrF3N3O4/c1-14(31-2)24(34)32-20-13-37-23-19(26(28,29)30)5-4-6-21(23)33(25(20)35)12-18-17-9-8-16(27)11-15(17)7-10-22(18)36-3/h4-11,14,20,31H,12-13H2,1-3H3,(H,32,34). The molecule has 0 saturated carbocycles. The summed E-state index contributed by atoms with van der Waals surface area (Å²) in [7, 11) is 3.06. The van der Waals surface area contributed by atoms with E-state index >= 15 is 0 Å². The molecule has 11 heteroatoms. The predicted octanol–water partition coefficient (Wildman–Crippen LogP) is 4.65. The van der Waals surface area contributed by atoms with Crippen molar-refractivity contribution in [3.63, 3.8) is 0 Å². The molecule has 0 aromatic heterocycles. The number of ether oxygens (including phenoxy) is 2. The second kappa shape index (κ2) is 10.6. The topological polar surface area (TPSA) is 79.9 Å². The third-order valence-electron chi connectivity index (χ3n) is 6.28. The van der Waals surface area contributed by atoms with Gasteiger partial charge in [-0.1, -0.05) is 34.1 Å². The fourth-order valence-electron chi connectivity index (χ4n) is 4.21. The maximum atomic E-state index is 13.9. The minimum Gasteiger partial charge on any atom is -0.496 e. The van der Waals surface area contributed by atoms with Gasteiger partial charge in [-0.05, 0) is 55.1 Å². The molecule has 1 heterocycles. The predicted molar refractivity (Wildman–Crippen MR) is 137 cm³/mol. The lowest BCUT2D eigenvalue weighted by molar-refractivity contribution is -0.139. The first-order valence-corrected chi connectivity index (χ1v) is 12.2. The summed E-state index contributed by atoms with van der Waals surface area (Å²) in [6.45, 7) is 1.02. The van der Waals surface area contributed by atoms with Crippen molar-refractivity contribution in [3.8, 4) is 11.5 Å². The number of methoxy groups -OCH3 is 1. The molecule has 1 aliphatic heterocycles. The number of benzene rings is 3. The highest BCUT2D eigenvalue weighted by Gasteiger charge is 2.40. The molecule has 0 radical (unpaired) electrons. The summed E-state index contributed by atoms with van der Waals surface area (Å²) >= 11 is 3.44. The Bertz CT molecular complexity index is 1350. The van der Waals surface area contributed by atoms with Gasteiger partial charge in [-0.3, -0.25) is 9.59 Å². The molecule has 196 valence electrons. The first kappa shape index (κ1) is 26.7. The van der Waals surface area contributed by atoms with Crippen LogP contribution < -0.4 is 25.0 Å². The Morgan fingerprint density at radius 1 is 1.24 bits per heavy atom. The van der Waals surface area contributed by atoms with Crippen LogP contribution in [0.3, 0.4) is 0 Å². The second-order valence-electron chi connectivity index (χ2n) is 8.57. The summed E-state index contributed by atoms with van der Waals surface area (Å²) < 4.78 is 53.7. The lowest BCUT2D eigenvalue weighted by Crippen LogP contribution is -2.53. The number of anilines is 1. The van der Waals surface area contributed by atoms with Crippen LogP contribution in [0.15, 0.2) is 53.0 Å². The molecule has 2 amide bonds. The average Bonchev–Trinajstić information content (AvgIpc) is 2.99. The van der Waals surface area contributed by atoms with Crippen molar-refractivity contribution in [3.05, 3.63) is 64.1 Å². The van der Waals surface area contributed by atoms with Gasteiger partial charge in [0.15, 0.2) is 5.75 Å². The molecule has 7 nitrogen and oxygen atoms in total. The van der Waals surface area contributed by atoms with E-state index in [4.69, 9.17) is 9.47 Å². The smallest absolute Gasteiger partial charge is 0.420 e. The molecule has 3 aromatic carbocycles. The normalized spacial score (nSPS) is 16.6. The number of carbonyl (C=O) groups excluding carboxylic acids is 2. The number of hydrogen-bond acceptors (Lipinski definition) is 5. The van der Waals surface area contributed by atoms with E-state index in [1.54, 1.807) is 20.0 Å². The van der Waals surface area contributed by atoms with Crippen molar-refractivity contribution in [2.45, 2.75) is 31.7 Å². The average molecular weight is 580 g/mol. The zero-order chi connectivity index (χ0) is 26.9. The van der Waals surface area contributed by atoms with Crippen LogP contribution in [0.25, 0.3) is 10.8 Å². The van der Waals surface area contributed by atoms with Crippen LogP contribution in [0.2, 0.25) is 0 Å². The number of amides is 2. The number of para-hydroxylation sites is 1. The Balaban J connectivity index is 1.86. The number of likely N-dealkylation sites (N-methyl/N-ethyl adjacent to an activating group) is 1. The summed E-state index contributed by atoms with van der Waals surface area (Å²) in [5, 5.41) is 6.99. The van der Waals surface area contributed by atoms with Gasteiger partial charge in [0.1, 0.15) is 18.4 Å². The van der Waals surface area contributed by atoms with Gasteiger partial charge in [0.2, 0.25) is 5.91 Å². The van der Waals surface area contributed by atoms with Crippen molar-refractivity contribution in [2.75, 3.05) is 25.7 Å². The number of nitrogens with zero attached hydrogens (tertiary/aromatic N) is 1. The van der Waals surface area contributed by atoms with Gasteiger partial charge in [-0.2, -0.15) is 13.2 Å². The van der Waals surface area contributed by atoms with E-state index in [-0.39, 0.29) is 12.2 Å². The van der Waals surface area contributed by atoms with Crippen LogP contribution in [0.5, 0.6) is 11.5 Å². The first-order valence-electron chi connectivity index (χ1n) is 11.4. The third kappa shape index (κ3) is 5.37. The van der Waals surface area contributed by atoms with Crippen molar-refractivity contribution in [1.82, 2.24) is 10.6 Å². The lowest BCUT2D eigenvalue weighted by atomic mass is 10.0. The molecule has 37 heavy (non-hydrogen) atoms. The molecular formula is C26H25BrF3N3O4. The molecule has 2 N–H and O–H groups in total. The Kier molecular flexibility index (Phi) is 7.65. The van der Waals surface area contributed by atoms with Crippen LogP contribution in [0, 0.1) is 0 Å². The Hall–Kier alpha value is -3.31. The number of fused-ring (bicyclic) bond motifs is 2. The highest BCUT2D eigenvalue weighted by Crippen LogP contribution is 2.44. The zero-order valence-corrected chi connectivity index (χ0v) is 21.9. The van der Waals surface area contributed by atoms with Gasteiger partial charge in [0, 0.05) is 10.0 Å². The van der Waals surface area contributed by atoms with E-state index in [9.17, 15) is 22.8 Å². The van der Waals surface area contributed by atoms with Gasteiger partial charge in [-0.25, -0.2) is 0 Å². The van der Waals surface area contributed by atoms with E-state index < -0.39 is 48.0 Å². The number of carbonyl (C=O) groups is 2. The summed E-state index contributed by atoms with van der Waals surface area (Å²) in [4.78, 5) is 27.6. The molecule has 0 aliphatic carbocycles. The van der Waals surface area contributed by atoms with Gasteiger partial charge < -0.3 is 25.0 Å². The number of hydrogen-bond donors (Lipinski definition) is 2. The van der Waals surface area contributed by atoms with Gasteiger partial charge in [-0.15, -0.1) is 0 Å². The molecule has 0 bridgehead atoms. The SMILES string of the molecule is CNC(C)C(=O)NC1COc2c(cccc2C(F)(F)F)N(Cc2c(OC)ccc3cc(Br)ccc23)C1=O. The van der Waals surface area contributed by atoms with E-state index in [1.807, 2.05) is 24.3 Å². The summed E-state index contributed by atoms with van der Waals surface area (Å²) in [6.07, 6.45) is -4.72. The molecule has 1 aliphatic rings. The third-order valence-corrected chi connectivity index (χ3v) is 6.77. The monoisotopic (exact) mass is 579 g/mol. The summed E-state index contributed by atoms with van der Waals surface area (Å²) in [5.74, 6) is -1.10. The molecule has 0 fully saturated rings.